The van der Waals surface area contributed by atoms with Gasteiger partial charge in [0.05, 0.1) is 7.11 Å². The number of sulfonamides is 1. The quantitative estimate of drug-likeness (QED) is 0.581. The molecule has 0 spiro atoms. The summed E-state index contributed by atoms with van der Waals surface area (Å²) in [7, 11) is 2.00. The number of anilines is 1. The molecule has 1 saturated heterocycles. The largest absolute Gasteiger partial charge is 0.497 e. The van der Waals surface area contributed by atoms with E-state index in [1.807, 2.05) is 49.1 Å². The topological polar surface area (TPSA) is 92.6 Å². The zero-order valence-corrected chi connectivity index (χ0v) is 19.3. The predicted molar refractivity (Wildman–Crippen MR) is 122 cm³/mol. The van der Waals surface area contributed by atoms with Gasteiger partial charge in [-0.05, 0) is 36.9 Å². The SMILES string of the molecule is COc1ccc(C(Nc2ccc(S(=O)(=O)N3CCN(C)CC3)cn2)c2nccn2C)cc1. The van der Waals surface area contributed by atoms with E-state index in [9.17, 15) is 8.42 Å². The van der Waals surface area contributed by atoms with Gasteiger partial charge in [0.25, 0.3) is 0 Å². The van der Waals surface area contributed by atoms with Crippen LogP contribution in [0.1, 0.15) is 17.4 Å². The molecule has 3 aromatic rings. The Hall–Kier alpha value is -2.95. The molecule has 0 radical (unpaired) electrons. The number of rotatable bonds is 7. The number of ether oxygens (including phenoxy) is 1. The lowest BCUT2D eigenvalue weighted by atomic mass is 10.1. The maximum Gasteiger partial charge on any atom is 0.244 e. The molecule has 0 aliphatic carbocycles. The minimum atomic E-state index is -3.55. The molecule has 2 aromatic heterocycles. The van der Waals surface area contributed by atoms with Crippen molar-refractivity contribution in [3.05, 3.63) is 66.4 Å². The van der Waals surface area contributed by atoms with Gasteiger partial charge in [-0.3, -0.25) is 0 Å². The van der Waals surface area contributed by atoms with E-state index in [4.69, 9.17) is 4.74 Å². The maximum atomic E-state index is 13.0. The molecule has 4 rings (SSSR count). The number of hydrogen-bond donors (Lipinski definition) is 1. The Kier molecular flexibility index (Phi) is 6.45. The van der Waals surface area contributed by atoms with Crippen molar-refractivity contribution < 1.29 is 13.2 Å². The molecule has 1 unspecified atom stereocenters. The Bertz CT molecular complexity index is 1140. The van der Waals surface area contributed by atoms with Gasteiger partial charge in [0.1, 0.15) is 28.3 Å². The summed E-state index contributed by atoms with van der Waals surface area (Å²) in [5, 5.41) is 3.39. The zero-order chi connectivity index (χ0) is 22.7. The normalized spacial score (nSPS) is 16.6. The maximum absolute atomic E-state index is 13.0. The predicted octanol–water partition coefficient (Wildman–Crippen LogP) is 1.96. The summed E-state index contributed by atoms with van der Waals surface area (Å²) in [4.78, 5) is 11.2. The van der Waals surface area contributed by atoms with Crippen molar-refractivity contribution in [1.82, 2.24) is 23.7 Å². The van der Waals surface area contributed by atoms with Gasteiger partial charge in [0.15, 0.2) is 0 Å². The fraction of sp³-hybridized carbons (Fsp3) is 0.364. The van der Waals surface area contributed by atoms with Gasteiger partial charge in [0, 0.05) is 51.8 Å². The number of benzene rings is 1. The van der Waals surface area contributed by atoms with Crippen LogP contribution in [0.3, 0.4) is 0 Å². The van der Waals surface area contributed by atoms with Gasteiger partial charge in [-0.1, -0.05) is 12.1 Å². The van der Waals surface area contributed by atoms with E-state index in [1.54, 1.807) is 25.4 Å². The molecule has 1 aromatic carbocycles. The summed E-state index contributed by atoms with van der Waals surface area (Å²) in [5.41, 5.74) is 0.982. The molecule has 0 amide bonds. The lowest BCUT2D eigenvalue weighted by Gasteiger charge is -2.31. The third-order valence-electron chi connectivity index (χ3n) is 5.69. The molecular formula is C22H28N6O3S. The van der Waals surface area contributed by atoms with Crippen LogP contribution in [-0.2, 0) is 17.1 Å². The Labute approximate surface area is 188 Å². The molecule has 1 aliphatic rings. The molecule has 0 bridgehead atoms. The van der Waals surface area contributed by atoms with Gasteiger partial charge in [-0.25, -0.2) is 18.4 Å². The summed E-state index contributed by atoms with van der Waals surface area (Å²) < 4.78 is 34.6. The van der Waals surface area contributed by atoms with Crippen LogP contribution in [0.25, 0.3) is 0 Å². The molecule has 9 nitrogen and oxygen atoms in total. The number of methoxy groups -OCH3 is 1. The summed E-state index contributed by atoms with van der Waals surface area (Å²) in [6.07, 6.45) is 5.04. The van der Waals surface area contributed by atoms with E-state index >= 15 is 0 Å². The van der Waals surface area contributed by atoms with E-state index in [1.165, 1.54) is 10.5 Å². The first-order chi connectivity index (χ1) is 15.4. The molecular weight excluding hydrogens is 428 g/mol. The molecule has 1 atom stereocenters. The number of imidazole rings is 1. The molecule has 170 valence electrons. The van der Waals surface area contributed by atoms with Gasteiger partial charge in [-0.2, -0.15) is 4.31 Å². The molecule has 3 heterocycles. The number of aromatic nitrogens is 3. The number of likely N-dealkylation sites (N-methyl/N-ethyl adjacent to an activating group) is 1. The van der Waals surface area contributed by atoms with Gasteiger partial charge >= 0.3 is 0 Å². The van der Waals surface area contributed by atoms with Crippen LogP contribution in [0.5, 0.6) is 5.75 Å². The molecule has 1 aliphatic heterocycles. The van der Waals surface area contributed by atoms with Gasteiger partial charge in [0.2, 0.25) is 10.0 Å². The summed E-state index contributed by atoms with van der Waals surface area (Å²) in [5.74, 6) is 2.14. The standard InChI is InChI=1S/C22H28N6O3S/c1-26-12-14-28(15-13-26)32(29,30)19-8-9-20(24-16-19)25-21(22-23-10-11-27(22)2)17-4-6-18(31-3)7-5-17/h4-11,16,21H,12-15H2,1-3H3,(H,24,25). The van der Waals surface area contributed by atoms with E-state index in [-0.39, 0.29) is 10.9 Å². The van der Waals surface area contributed by atoms with Crippen LogP contribution in [0.2, 0.25) is 0 Å². The highest BCUT2D eigenvalue weighted by Crippen LogP contribution is 2.27. The average Bonchev–Trinajstić information content (AvgIpc) is 3.23. The monoisotopic (exact) mass is 456 g/mol. The van der Waals surface area contributed by atoms with E-state index in [0.29, 0.717) is 18.9 Å². The third-order valence-corrected chi connectivity index (χ3v) is 7.58. The zero-order valence-electron chi connectivity index (χ0n) is 18.5. The fourth-order valence-corrected chi connectivity index (χ4v) is 5.06. The van der Waals surface area contributed by atoms with Crippen molar-refractivity contribution in [2.75, 3.05) is 45.7 Å². The van der Waals surface area contributed by atoms with Crippen molar-refractivity contribution in [3.63, 3.8) is 0 Å². The second kappa shape index (κ2) is 9.27. The first-order valence-corrected chi connectivity index (χ1v) is 11.8. The summed E-state index contributed by atoms with van der Waals surface area (Å²) >= 11 is 0. The third kappa shape index (κ3) is 4.62. The highest BCUT2D eigenvalue weighted by atomic mass is 32.2. The number of pyridine rings is 1. The summed E-state index contributed by atoms with van der Waals surface area (Å²) in [6.45, 7) is 2.41. The minimum absolute atomic E-state index is 0.200. The number of nitrogens with one attached hydrogen (secondary N) is 1. The molecule has 32 heavy (non-hydrogen) atoms. The van der Waals surface area contributed by atoms with E-state index in [0.717, 1.165) is 30.2 Å². The lowest BCUT2D eigenvalue weighted by Crippen LogP contribution is -2.47. The van der Waals surface area contributed by atoms with Crippen LogP contribution in [0, 0.1) is 0 Å². The lowest BCUT2D eigenvalue weighted by molar-refractivity contribution is 0.222. The van der Waals surface area contributed by atoms with Crippen molar-refractivity contribution in [1.29, 1.82) is 0 Å². The van der Waals surface area contributed by atoms with Crippen LogP contribution in [0.4, 0.5) is 5.82 Å². The number of aryl methyl sites for hydroxylation is 1. The van der Waals surface area contributed by atoms with Crippen molar-refractivity contribution >= 4 is 15.8 Å². The Morgan fingerprint density at radius 2 is 1.72 bits per heavy atom. The second-order valence-corrected chi connectivity index (χ2v) is 9.77. The summed E-state index contributed by atoms with van der Waals surface area (Å²) in [6, 6.07) is 10.8. The highest BCUT2D eigenvalue weighted by molar-refractivity contribution is 7.89. The first kappa shape index (κ1) is 22.3. The smallest absolute Gasteiger partial charge is 0.244 e. The highest BCUT2D eigenvalue weighted by Gasteiger charge is 2.28. The first-order valence-electron chi connectivity index (χ1n) is 10.4. The van der Waals surface area contributed by atoms with Crippen LogP contribution in [-0.4, -0.2) is 72.5 Å². The second-order valence-electron chi connectivity index (χ2n) is 7.83. The van der Waals surface area contributed by atoms with Crippen LogP contribution >= 0.6 is 0 Å². The van der Waals surface area contributed by atoms with Gasteiger partial charge < -0.3 is 19.5 Å². The Morgan fingerprint density at radius 1 is 1.00 bits per heavy atom. The van der Waals surface area contributed by atoms with Gasteiger partial charge in [-0.15, -0.1) is 0 Å². The number of hydrogen-bond acceptors (Lipinski definition) is 7. The van der Waals surface area contributed by atoms with Crippen molar-refractivity contribution in [3.8, 4) is 5.75 Å². The molecule has 1 N–H and O–H groups in total. The van der Waals surface area contributed by atoms with E-state index < -0.39 is 10.0 Å². The van der Waals surface area contributed by atoms with Crippen LogP contribution < -0.4 is 10.1 Å². The minimum Gasteiger partial charge on any atom is -0.497 e. The molecule has 10 heteroatoms. The Balaban J connectivity index is 1.57. The molecule has 1 fully saturated rings. The Morgan fingerprint density at radius 3 is 2.28 bits per heavy atom. The van der Waals surface area contributed by atoms with E-state index in [2.05, 4.69) is 20.2 Å². The number of piperazine rings is 1. The van der Waals surface area contributed by atoms with Crippen molar-refractivity contribution in [2.45, 2.75) is 10.9 Å². The van der Waals surface area contributed by atoms with Crippen molar-refractivity contribution in [2.24, 2.45) is 7.05 Å². The fourth-order valence-electron chi connectivity index (χ4n) is 3.69. The average molecular weight is 457 g/mol. The molecule has 0 saturated carbocycles. The van der Waals surface area contributed by atoms with Crippen LogP contribution in [0.15, 0.2) is 59.9 Å². The number of nitrogens with zero attached hydrogens (tertiary/aromatic N) is 5.